The number of para-hydroxylation sites is 1. The van der Waals surface area contributed by atoms with Crippen LogP contribution < -0.4 is 10.6 Å². The molecular weight excluding hydrogens is 550 g/mol. The first-order valence-electron chi connectivity index (χ1n) is 12.3. The third-order valence-corrected chi connectivity index (χ3v) is 7.48. The molecule has 1 aliphatic heterocycles. The Morgan fingerprint density at radius 2 is 1.70 bits per heavy atom. The molecule has 0 unspecified atom stereocenters. The van der Waals surface area contributed by atoms with Crippen molar-refractivity contribution < 1.29 is 4.79 Å². The number of hydrogen-bond acceptors (Lipinski definition) is 3. The second-order valence-corrected chi connectivity index (χ2v) is 10.5. The number of amides is 1. The van der Waals surface area contributed by atoms with Gasteiger partial charge in [0.15, 0.2) is 5.82 Å². The van der Waals surface area contributed by atoms with Gasteiger partial charge in [0.1, 0.15) is 11.3 Å². The van der Waals surface area contributed by atoms with Crippen LogP contribution in [0.2, 0.25) is 5.02 Å². The Hall–Kier alpha value is -3.55. The van der Waals surface area contributed by atoms with Crippen LogP contribution in [0.15, 0.2) is 83.3 Å². The first-order chi connectivity index (χ1) is 18.1. The number of nitrogens with one attached hydrogen (secondary N) is 2. The number of halogens is 2. The van der Waals surface area contributed by atoms with E-state index in [0.717, 1.165) is 64.3 Å². The second kappa shape index (κ2) is 10.1. The number of hydrogen-bond donors (Lipinski definition) is 2. The van der Waals surface area contributed by atoms with E-state index in [1.807, 2.05) is 66.7 Å². The fourth-order valence-corrected chi connectivity index (χ4v) is 5.43. The van der Waals surface area contributed by atoms with Gasteiger partial charge in [-0.1, -0.05) is 57.9 Å². The molecule has 0 fully saturated rings. The van der Waals surface area contributed by atoms with Gasteiger partial charge in [0.25, 0.3) is 5.91 Å². The normalized spacial score (nSPS) is 12.9. The molecule has 2 N–H and O–H groups in total. The molecule has 3 aromatic carbocycles. The Morgan fingerprint density at radius 3 is 2.46 bits per heavy atom. The van der Waals surface area contributed by atoms with Crippen molar-refractivity contribution in [2.45, 2.75) is 32.4 Å². The second-order valence-electron chi connectivity index (χ2n) is 9.15. The summed E-state index contributed by atoms with van der Waals surface area (Å²) < 4.78 is 5.13. The van der Waals surface area contributed by atoms with Crippen molar-refractivity contribution in [1.29, 1.82) is 0 Å². The van der Waals surface area contributed by atoms with Crippen LogP contribution in [-0.2, 0) is 19.5 Å². The van der Waals surface area contributed by atoms with Crippen LogP contribution in [-0.4, -0.2) is 20.1 Å². The number of carbonyl (C=O) groups is 1. The molecule has 186 valence electrons. The molecule has 6 rings (SSSR count). The number of anilines is 2. The van der Waals surface area contributed by atoms with Crippen LogP contribution in [0.1, 0.15) is 34.7 Å². The van der Waals surface area contributed by atoms with Crippen molar-refractivity contribution in [2.75, 3.05) is 10.6 Å². The molecule has 5 aromatic rings. The third kappa shape index (κ3) is 4.65. The van der Waals surface area contributed by atoms with E-state index in [1.165, 1.54) is 5.56 Å². The van der Waals surface area contributed by atoms with Gasteiger partial charge in [0, 0.05) is 38.5 Å². The monoisotopic (exact) mass is 573 g/mol. The summed E-state index contributed by atoms with van der Waals surface area (Å²) in [7, 11) is 0. The topological polar surface area (TPSA) is 63.4 Å². The van der Waals surface area contributed by atoms with Gasteiger partial charge in [-0.3, -0.25) is 9.20 Å². The Balaban J connectivity index is 1.53. The molecule has 8 heteroatoms. The number of rotatable bonds is 6. The number of nitrogens with zero attached hydrogens (tertiary/aromatic N) is 3. The molecule has 0 radical (unpaired) electrons. The average molecular weight is 575 g/mol. The molecule has 2 aromatic heterocycles. The average Bonchev–Trinajstić information content (AvgIpc) is 3.34. The summed E-state index contributed by atoms with van der Waals surface area (Å²) in [6.45, 7) is 1.28. The molecule has 0 saturated heterocycles. The highest BCUT2D eigenvalue weighted by atomic mass is 79.9. The highest BCUT2D eigenvalue weighted by Gasteiger charge is 2.30. The summed E-state index contributed by atoms with van der Waals surface area (Å²) in [6, 6.07) is 25.4. The minimum atomic E-state index is -0.154. The minimum absolute atomic E-state index is 0.154. The highest BCUT2D eigenvalue weighted by molar-refractivity contribution is 9.10. The molecule has 1 amide bonds. The van der Waals surface area contributed by atoms with Gasteiger partial charge in [-0.25, -0.2) is 4.68 Å². The molecule has 1 aliphatic rings. The zero-order chi connectivity index (χ0) is 25.4. The summed E-state index contributed by atoms with van der Waals surface area (Å²) in [5.41, 5.74) is 6.47. The van der Waals surface area contributed by atoms with E-state index < -0.39 is 0 Å². The Morgan fingerprint density at radius 1 is 0.946 bits per heavy atom. The van der Waals surface area contributed by atoms with Gasteiger partial charge >= 0.3 is 0 Å². The van der Waals surface area contributed by atoms with Gasteiger partial charge in [0.05, 0.1) is 6.54 Å². The zero-order valence-electron chi connectivity index (χ0n) is 20.0. The SMILES string of the molecule is O=C(Nc1ccccc1)c1c(-c2ccc(Br)cc2)c2c3n(nc(CNc4ccc(Cl)cc4)n13)CCCC2. The maximum absolute atomic E-state index is 14.0. The van der Waals surface area contributed by atoms with Gasteiger partial charge in [0.2, 0.25) is 0 Å². The van der Waals surface area contributed by atoms with E-state index in [-0.39, 0.29) is 5.91 Å². The minimum Gasteiger partial charge on any atom is -0.378 e. The largest absolute Gasteiger partial charge is 0.378 e. The molecule has 0 spiro atoms. The Labute approximate surface area is 228 Å². The van der Waals surface area contributed by atoms with E-state index in [9.17, 15) is 4.79 Å². The predicted molar refractivity (Wildman–Crippen MR) is 152 cm³/mol. The van der Waals surface area contributed by atoms with Crippen LogP contribution >= 0.6 is 27.5 Å². The van der Waals surface area contributed by atoms with E-state index in [2.05, 4.69) is 47.8 Å². The van der Waals surface area contributed by atoms with Crippen molar-refractivity contribution >= 4 is 50.5 Å². The molecule has 37 heavy (non-hydrogen) atoms. The van der Waals surface area contributed by atoms with Crippen molar-refractivity contribution in [3.8, 4) is 11.1 Å². The van der Waals surface area contributed by atoms with Gasteiger partial charge in [-0.05, 0) is 73.4 Å². The third-order valence-electron chi connectivity index (χ3n) is 6.70. The highest BCUT2D eigenvalue weighted by Crippen LogP contribution is 2.38. The maximum Gasteiger partial charge on any atom is 0.273 e. The van der Waals surface area contributed by atoms with Crippen LogP contribution in [0.3, 0.4) is 0 Å². The van der Waals surface area contributed by atoms with Gasteiger partial charge in [-0.2, -0.15) is 5.10 Å². The lowest BCUT2D eigenvalue weighted by Crippen LogP contribution is -2.17. The van der Waals surface area contributed by atoms with Crippen LogP contribution in [0.25, 0.3) is 16.8 Å². The number of aryl methyl sites for hydroxylation is 2. The molecular formula is C29H25BrClN5O. The first kappa shape index (κ1) is 23.8. The summed E-state index contributed by atoms with van der Waals surface area (Å²) in [5.74, 6) is 0.632. The van der Waals surface area contributed by atoms with Gasteiger partial charge < -0.3 is 10.6 Å². The fraction of sp³-hybridized carbons (Fsp3) is 0.172. The number of benzene rings is 3. The van der Waals surface area contributed by atoms with Crippen molar-refractivity contribution in [3.63, 3.8) is 0 Å². The molecule has 6 nitrogen and oxygen atoms in total. The number of carbonyl (C=O) groups excluding carboxylic acids is 1. The summed E-state index contributed by atoms with van der Waals surface area (Å²) in [5, 5.41) is 12.2. The lowest BCUT2D eigenvalue weighted by molar-refractivity contribution is 0.102. The van der Waals surface area contributed by atoms with Crippen molar-refractivity contribution in [1.82, 2.24) is 14.2 Å². The Kier molecular flexibility index (Phi) is 6.49. The first-order valence-corrected chi connectivity index (χ1v) is 13.5. The van der Waals surface area contributed by atoms with Crippen molar-refractivity contribution in [3.05, 3.63) is 105 Å². The van der Waals surface area contributed by atoms with Crippen LogP contribution in [0, 0.1) is 0 Å². The van der Waals surface area contributed by atoms with Crippen molar-refractivity contribution in [2.24, 2.45) is 0 Å². The summed E-state index contributed by atoms with van der Waals surface area (Å²) in [4.78, 5) is 14.0. The van der Waals surface area contributed by atoms with E-state index >= 15 is 0 Å². The molecule has 0 aliphatic carbocycles. The summed E-state index contributed by atoms with van der Waals surface area (Å²) in [6.07, 6.45) is 2.98. The standard InChI is InChI=1S/C29H25BrClN5O/c30-20-11-9-19(10-12-20)26-24-8-4-5-17-35-29(24)36(27(26)28(37)33-23-6-2-1-3-7-23)25(34-35)18-32-22-15-13-21(31)14-16-22/h1-3,6-7,9-16,32H,4-5,8,17-18H2,(H,33,37). The maximum atomic E-state index is 14.0. The lowest BCUT2D eigenvalue weighted by Gasteiger charge is -2.11. The summed E-state index contributed by atoms with van der Waals surface area (Å²) >= 11 is 9.62. The zero-order valence-corrected chi connectivity index (χ0v) is 22.4. The Bertz CT molecular complexity index is 1570. The van der Waals surface area contributed by atoms with E-state index in [4.69, 9.17) is 16.7 Å². The molecule has 0 saturated carbocycles. The molecule has 0 bridgehead atoms. The smallest absolute Gasteiger partial charge is 0.273 e. The lowest BCUT2D eigenvalue weighted by atomic mass is 9.98. The van der Waals surface area contributed by atoms with E-state index in [1.54, 1.807) is 0 Å². The van der Waals surface area contributed by atoms with E-state index in [0.29, 0.717) is 17.3 Å². The van der Waals surface area contributed by atoms with Crippen LogP contribution in [0.5, 0.6) is 0 Å². The van der Waals surface area contributed by atoms with Gasteiger partial charge in [-0.15, -0.1) is 0 Å². The fourth-order valence-electron chi connectivity index (χ4n) is 5.04. The predicted octanol–water partition coefficient (Wildman–Crippen LogP) is 7.42. The quantitative estimate of drug-likeness (QED) is 0.222. The molecule has 0 atom stereocenters. The number of aromatic nitrogens is 3. The van der Waals surface area contributed by atoms with Crippen LogP contribution in [0.4, 0.5) is 11.4 Å². The molecule has 3 heterocycles.